The highest BCUT2D eigenvalue weighted by atomic mass is 16.5. The second kappa shape index (κ2) is 8.40. The Kier molecular flexibility index (Phi) is 5.93. The van der Waals surface area contributed by atoms with Crippen molar-refractivity contribution in [3.05, 3.63) is 53.5 Å². The van der Waals surface area contributed by atoms with E-state index in [0.29, 0.717) is 30.3 Å². The van der Waals surface area contributed by atoms with E-state index in [4.69, 9.17) is 13.9 Å². The highest BCUT2D eigenvalue weighted by Gasteiger charge is 2.47. The highest BCUT2D eigenvalue weighted by molar-refractivity contribution is 6.46. The maximum atomic E-state index is 12.9. The van der Waals surface area contributed by atoms with Crippen LogP contribution in [0.5, 0.6) is 11.5 Å². The quantitative estimate of drug-likeness (QED) is 0.433. The number of amides is 1. The minimum atomic E-state index is -0.848. The summed E-state index contributed by atoms with van der Waals surface area (Å²) in [6.07, 6.45) is 1.46. The van der Waals surface area contributed by atoms with Gasteiger partial charge < -0.3 is 28.8 Å². The summed E-state index contributed by atoms with van der Waals surface area (Å²) in [6, 6.07) is 7.48. The topological polar surface area (TPSA) is 92.4 Å². The SMILES string of the molecule is COc1cccc(OC)c1/C(O)=C1\C(=O)C(=O)N(CCN(C)C)C1c1ccco1. The van der Waals surface area contributed by atoms with Crippen molar-refractivity contribution in [2.75, 3.05) is 41.4 Å². The lowest BCUT2D eigenvalue weighted by Gasteiger charge is -2.25. The molecule has 3 rings (SSSR count). The third-order valence-corrected chi connectivity index (χ3v) is 4.81. The number of aliphatic hydroxyl groups excluding tert-OH is 1. The van der Waals surface area contributed by atoms with Crippen LogP contribution in [-0.4, -0.2) is 68.0 Å². The van der Waals surface area contributed by atoms with Gasteiger partial charge in [-0.1, -0.05) is 6.07 Å². The standard InChI is InChI=1S/C21H24N2O6/c1-22(2)10-11-23-18(15-9-6-12-29-15)17(20(25)21(23)26)19(24)16-13(27-3)7-5-8-14(16)28-4/h5-9,12,18,24H,10-11H2,1-4H3/b19-17+. The van der Waals surface area contributed by atoms with Crippen LogP contribution in [0.2, 0.25) is 0 Å². The van der Waals surface area contributed by atoms with Crippen molar-refractivity contribution in [1.29, 1.82) is 0 Å². The van der Waals surface area contributed by atoms with Crippen molar-refractivity contribution in [3.8, 4) is 11.5 Å². The van der Waals surface area contributed by atoms with Gasteiger partial charge in [0.05, 0.1) is 26.1 Å². The van der Waals surface area contributed by atoms with Gasteiger partial charge in [-0.25, -0.2) is 0 Å². The maximum Gasteiger partial charge on any atom is 0.295 e. The minimum Gasteiger partial charge on any atom is -0.506 e. The zero-order valence-corrected chi connectivity index (χ0v) is 16.8. The van der Waals surface area contributed by atoms with E-state index in [1.54, 1.807) is 30.3 Å². The van der Waals surface area contributed by atoms with Crippen LogP contribution in [0.4, 0.5) is 0 Å². The molecule has 0 aliphatic carbocycles. The molecule has 8 nitrogen and oxygen atoms in total. The molecule has 1 aromatic heterocycles. The Hall–Kier alpha value is -3.26. The maximum absolute atomic E-state index is 12.9. The molecule has 0 spiro atoms. The molecule has 2 aromatic rings. The van der Waals surface area contributed by atoms with Crippen molar-refractivity contribution < 1.29 is 28.6 Å². The molecule has 8 heteroatoms. The number of furan rings is 1. The number of nitrogens with zero attached hydrogens (tertiary/aromatic N) is 2. The summed E-state index contributed by atoms with van der Waals surface area (Å²) in [5.74, 6) is -0.817. The normalized spacial score (nSPS) is 18.5. The second-order valence-corrected chi connectivity index (χ2v) is 6.85. The van der Waals surface area contributed by atoms with Crippen LogP contribution < -0.4 is 9.47 Å². The number of likely N-dealkylation sites (tertiary alicyclic amines) is 1. The second-order valence-electron chi connectivity index (χ2n) is 6.85. The average Bonchev–Trinajstić information content (AvgIpc) is 3.32. The van der Waals surface area contributed by atoms with Crippen LogP contribution in [0.15, 0.2) is 46.6 Å². The molecule has 1 amide bonds. The van der Waals surface area contributed by atoms with E-state index in [-0.39, 0.29) is 16.9 Å². The van der Waals surface area contributed by atoms with Gasteiger partial charge in [-0.15, -0.1) is 0 Å². The third-order valence-electron chi connectivity index (χ3n) is 4.81. The van der Waals surface area contributed by atoms with Gasteiger partial charge in [-0.2, -0.15) is 0 Å². The Morgan fingerprint density at radius 2 is 1.79 bits per heavy atom. The lowest BCUT2D eigenvalue weighted by atomic mass is 9.98. The first-order valence-electron chi connectivity index (χ1n) is 9.08. The Morgan fingerprint density at radius 1 is 1.14 bits per heavy atom. The van der Waals surface area contributed by atoms with E-state index in [1.165, 1.54) is 25.4 Å². The van der Waals surface area contributed by atoms with Crippen LogP contribution in [0, 0.1) is 0 Å². The van der Waals surface area contributed by atoms with Crippen LogP contribution in [0.1, 0.15) is 17.4 Å². The number of likely N-dealkylation sites (N-methyl/N-ethyl adjacent to an activating group) is 1. The Balaban J connectivity index is 2.20. The predicted molar refractivity (Wildman–Crippen MR) is 106 cm³/mol. The van der Waals surface area contributed by atoms with Gasteiger partial charge in [0, 0.05) is 13.1 Å². The molecule has 1 N–H and O–H groups in total. The largest absolute Gasteiger partial charge is 0.506 e. The molecule has 0 radical (unpaired) electrons. The number of hydrogen-bond acceptors (Lipinski definition) is 7. The van der Waals surface area contributed by atoms with E-state index in [1.807, 2.05) is 19.0 Å². The van der Waals surface area contributed by atoms with E-state index in [2.05, 4.69) is 0 Å². The molecule has 0 saturated carbocycles. The fourth-order valence-electron chi connectivity index (χ4n) is 3.38. The van der Waals surface area contributed by atoms with Crippen LogP contribution in [-0.2, 0) is 9.59 Å². The number of benzene rings is 1. The number of carbonyl (C=O) groups excluding carboxylic acids is 2. The number of ketones is 1. The molecule has 0 bridgehead atoms. The van der Waals surface area contributed by atoms with E-state index < -0.39 is 17.7 Å². The molecule has 1 unspecified atom stereocenters. The summed E-state index contributed by atoms with van der Waals surface area (Å²) in [4.78, 5) is 29.0. The van der Waals surface area contributed by atoms with Gasteiger partial charge in [0.15, 0.2) is 0 Å². The molecule has 1 aliphatic heterocycles. The van der Waals surface area contributed by atoms with Crippen molar-refractivity contribution in [2.24, 2.45) is 0 Å². The summed E-state index contributed by atoms with van der Waals surface area (Å²) in [5, 5.41) is 11.2. The monoisotopic (exact) mass is 400 g/mol. The van der Waals surface area contributed by atoms with Crippen LogP contribution in [0.25, 0.3) is 5.76 Å². The molecule has 2 heterocycles. The van der Waals surface area contributed by atoms with Gasteiger partial charge in [0.2, 0.25) is 0 Å². The summed E-state index contributed by atoms with van der Waals surface area (Å²) in [5.41, 5.74) is 0.145. The third kappa shape index (κ3) is 3.71. The van der Waals surface area contributed by atoms with Crippen molar-refractivity contribution in [3.63, 3.8) is 0 Å². The van der Waals surface area contributed by atoms with Gasteiger partial charge in [-0.3, -0.25) is 9.59 Å². The lowest BCUT2D eigenvalue weighted by molar-refractivity contribution is -0.140. The number of aliphatic hydroxyl groups is 1. The summed E-state index contributed by atoms with van der Waals surface area (Å²) in [7, 11) is 6.65. The zero-order chi connectivity index (χ0) is 21.1. The molecule has 1 atom stereocenters. The molecule has 1 aliphatic rings. The first kappa shape index (κ1) is 20.5. The van der Waals surface area contributed by atoms with Crippen molar-refractivity contribution in [2.45, 2.75) is 6.04 Å². The number of ether oxygens (including phenoxy) is 2. The first-order valence-corrected chi connectivity index (χ1v) is 9.08. The lowest BCUT2D eigenvalue weighted by Crippen LogP contribution is -2.35. The molecule has 1 fully saturated rings. The predicted octanol–water partition coefficient (Wildman–Crippen LogP) is 2.28. The molecular weight excluding hydrogens is 376 g/mol. The first-order chi connectivity index (χ1) is 13.9. The van der Waals surface area contributed by atoms with Crippen LogP contribution in [0.3, 0.4) is 0 Å². The Bertz CT molecular complexity index is 910. The smallest absolute Gasteiger partial charge is 0.295 e. The van der Waals surface area contributed by atoms with Crippen LogP contribution >= 0.6 is 0 Å². The van der Waals surface area contributed by atoms with Gasteiger partial charge in [0.1, 0.15) is 34.6 Å². The Labute approximate surface area is 168 Å². The highest BCUT2D eigenvalue weighted by Crippen LogP contribution is 2.43. The summed E-state index contributed by atoms with van der Waals surface area (Å²) < 4.78 is 16.2. The molecule has 154 valence electrons. The fraction of sp³-hybridized carbons (Fsp3) is 0.333. The molecular formula is C21H24N2O6. The summed E-state index contributed by atoms with van der Waals surface area (Å²) >= 11 is 0. The zero-order valence-electron chi connectivity index (χ0n) is 16.8. The molecule has 1 aromatic carbocycles. The van der Waals surface area contributed by atoms with Crippen molar-refractivity contribution >= 4 is 17.4 Å². The minimum absolute atomic E-state index is 0.0634. The number of hydrogen-bond donors (Lipinski definition) is 1. The number of methoxy groups -OCH3 is 2. The number of rotatable bonds is 7. The van der Waals surface area contributed by atoms with E-state index >= 15 is 0 Å². The molecule has 1 saturated heterocycles. The van der Waals surface area contributed by atoms with Crippen molar-refractivity contribution in [1.82, 2.24) is 9.80 Å². The summed E-state index contributed by atoms with van der Waals surface area (Å²) in [6.45, 7) is 0.838. The number of carbonyl (C=O) groups is 2. The van der Waals surface area contributed by atoms with Gasteiger partial charge in [0.25, 0.3) is 11.7 Å². The van der Waals surface area contributed by atoms with Gasteiger partial charge in [-0.05, 0) is 38.4 Å². The molecule has 29 heavy (non-hydrogen) atoms. The number of Topliss-reactive ketones (excluding diaryl/α,β-unsaturated/α-hetero) is 1. The van der Waals surface area contributed by atoms with E-state index in [9.17, 15) is 14.7 Å². The Morgan fingerprint density at radius 3 is 2.31 bits per heavy atom. The fourth-order valence-corrected chi connectivity index (χ4v) is 3.38. The average molecular weight is 400 g/mol. The van der Waals surface area contributed by atoms with Gasteiger partial charge >= 0.3 is 0 Å². The van der Waals surface area contributed by atoms with E-state index in [0.717, 1.165) is 0 Å².